The quantitative estimate of drug-likeness (QED) is 0.485. The third kappa shape index (κ3) is 3.24. The molecule has 2 aromatic heterocycles. The Kier molecular flexibility index (Phi) is 5.13. The lowest BCUT2D eigenvalue weighted by Crippen LogP contribution is -3.00. The van der Waals surface area contributed by atoms with Crippen LogP contribution in [0.3, 0.4) is 0 Å². The van der Waals surface area contributed by atoms with Crippen LogP contribution in [-0.2, 0) is 12.8 Å². The van der Waals surface area contributed by atoms with Crippen molar-refractivity contribution in [3.63, 3.8) is 0 Å². The van der Waals surface area contributed by atoms with E-state index in [1.165, 1.54) is 52.6 Å². The number of rotatable bonds is 2. The molecule has 0 spiro atoms. The minimum absolute atomic E-state index is 0. The van der Waals surface area contributed by atoms with Gasteiger partial charge in [-0.3, -0.25) is 0 Å². The predicted octanol–water partition coefficient (Wildman–Crippen LogP) is 3.28. The first-order valence-corrected chi connectivity index (χ1v) is 11.1. The van der Waals surface area contributed by atoms with E-state index in [9.17, 15) is 0 Å². The van der Waals surface area contributed by atoms with Crippen molar-refractivity contribution in [3.05, 3.63) is 65.0 Å². The van der Waals surface area contributed by atoms with Crippen LogP contribution in [-0.4, -0.2) is 18.2 Å². The second kappa shape index (κ2) is 7.93. The first-order valence-electron chi connectivity index (χ1n) is 10.3. The molecule has 0 saturated carbocycles. The molecule has 0 bridgehead atoms. The molecular formula is C25H21ClNO2S-. The van der Waals surface area contributed by atoms with Crippen LogP contribution in [0.15, 0.2) is 54.6 Å². The van der Waals surface area contributed by atoms with E-state index in [1.54, 1.807) is 0 Å². The first-order chi connectivity index (χ1) is 14.4. The lowest BCUT2D eigenvalue weighted by atomic mass is 9.92. The van der Waals surface area contributed by atoms with Crippen molar-refractivity contribution < 1.29 is 21.9 Å². The molecule has 2 aromatic carbocycles. The summed E-state index contributed by atoms with van der Waals surface area (Å²) in [6.07, 6.45) is 4.91. The van der Waals surface area contributed by atoms with Crippen molar-refractivity contribution in [2.75, 3.05) is 13.2 Å². The average Bonchev–Trinajstić information content (AvgIpc) is 3.17. The minimum atomic E-state index is 0. The zero-order valence-corrected chi connectivity index (χ0v) is 18.1. The van der Waals surface area contributed by atoms with E-state index in [4.69, 9.17) is 14.5 Å². The summed E-state index contributed by atoms with van der Waals surface area (Å²) >= 11 is 1.88. The number of halogens is 1. The maximum absolute atomic E-state index is 5.80. The zero-order valence-electron chi connectivity index (χ0n) is 16.5. The van der Waals surface area contributed by atoms with Gasteiger partial charge in [0.2, 0.25) is 0 Å². The van der Waals surface area contributed by atoms with Gasteiger partial charge in [0, 0.05) is 15.8 Å². The second-order valence-corrected chi connectivity index (χ2v) is 8.75. The van der Waals surface area contributed by atoms with Gasteiger partial charge in [0.25, 0.3) is 0 Å². The number of thiophene rings is 1. The van der Waals surface area contributed by atoms with Gasteiger partial charge in [0.1, 0.15) is 18.0 Å². The SMILES string of the molecule is [Cl-].c1ccc(-c2cc(-c3ccc4c(c3)OCCO4)nc3sc4c(c23)CCCC4)cc1. The maximum Gasteiger partial charge on any atom is 0.162 e. The first kappa shape index (κ1) is 19.4. The summed E-state index contributed by atoms with van der Waals surface area (Å²) in [7, 11) is 0. The summed E-state index contributed by atoms with van der Waals surface area (Å²) < 4.78 is 11.5. The molecule has 0 N–H and O–H groups in total. The number of aromatic nitrogens is 1. The smallest absolute Gasteiger partial charge is 0.162 e. The lowest BCUT2D eigenvalue weighted by molar-refractivity contribution is -0.00000616. The third-order valence-electron chi connectivity index (χ3n) is 5.85. The van der Waals surface area contributed by atoms with Crippen LogP contribution >= 0.6 is 11.3 Å². The van der Waals surface area contributed by atoms with Crippen LogP contribution in [0, 0.1) is 0 Å². The monoisotopic (exact) mass is 434 g/mol. The van der Waals surface area contributed by atoms with Crippen LogP contribution < -0.4 is 21.9 Å². The van der Waals surface area contributed by atoms with E-state index in [0.29, 0.717) is 13.2 Å². The van der Waals surface area contributed by atoms with Crippen LogP contribution in [0.25, 0.3) is 32.6 Å². The van der Waals surface area contributed by atoms with E-state index in [0.717, 1.165) is 27.6 Å². The van der Waals surface area contributed by atoms with Gasteiger partial charge in [-0.25, -0.2) is 4.98 Å². The highest BCUT2D eigenvalue weighted by atomic mass is 35.5. The summed E-state index contributed by atoms with van der Waals surface area (Å²) in [6, 6.07) is 19.1. The van der Waals surface area contributed by atoms with Gasteiger partial charge in [-0.05, 0) is 66.6 Å². The van der Waals surface area contributed by atoms with E-state index >= 15 is 0 Å². The van der Waals surface area contributed by atoms with Crippen LogP contribution in [0.2, 0.25) is 0 Å². The largest absolute Gasteiger partial charge is 1.00 e. The molecule has 3 nitrogen and oxygen atoms in total. The molecule has 1 aliphatic carbocycles. The van der Waals surface area contributed by atoms with Crippen molar-refractivity contribution in [2.24, 2.45) is 0 Å². The lowest BCUT2D eigenvalue weighted by Gasteiger charge is -2.19. The van der Waals surface area contributed by atoms with Crippen molar-refractivity contribution in [1.29, 1.82) is 0 Å². The van der Waals surface area contributed by atoms with Crippen LogP contribution in [0.1, 0.15) is 23.3 Å². The van der Waals surface area contributed by atoms with Crippen molar-refractivity contribution >= 4 is 21.6 Å². The molecule has 0 unspecified atom stereocenters. The number of fused-ring (bicyclic) bond motifs is 4. The fourth-order valence-electron chi connectivity index (χ4n) is 4.45. The Bertz CT molecular complexity index is 1220. The second-order valence-electron chi connectivity index (χ2n) is 7.67. The fraction of sp³-hybridized carbons (Fsp3) is 0.240. The van der Waals surface area contributed by atoms with Crippen molar-refractivity contribution in [1.82, 2.24) is 4.98 Å². The van der Waals surface area contributed by atoms with Gasteiger partial charge in [-0.1, -0.05) is 30.3 Å². The Morgan fingerprint density at radius 1 is 0.800 bits per heavy atom. The molecule has 0 amide bonds. The number of pyridine rings is 1. The summed E-state index contributed by atoms with van der Waals surface area (Å²) in [5.41, 5.74) is 6.13. The maximum atomic E-state index is 5.80. The summed E-state index contributed by atoms with van der Waals surface area (Å²) in [6.45, 7) is 1.20. The topological polar surface area (TPSA) is 31.4 Å². The Morgan fingerprint density at radius 2 is 1.60 bits per heavy atom. The number of hydrogen-bond donors (Lipinski definition) is 0. The molecule has 0 atom stereocenters. The van der Waals surface area contributed by atoms with Gasteiger partial charge in [0.15, 0.2) is 11.5 Å². The highest BCUT2D eigenvalue weighted by Gasteiger charge is 2.22. The van der Waals surface area contributed by atoms with Gasteiger partial charge >= 0.3 is 0 Å². The molecule has 1 aliphatic heterocycles. The van der Waals surface area contributed by atoms with Crippen LogP contribution in [0.5, 0.6) is 11.5 Å². The van der Waals surface area contributed by atoms with Crippen molar-refractivity contribution in [3.8, 4) is 33.9 Å². The van der Waals surface area contributed by atoms with E-state index in [1.807, 2.05) is 17.4 Å². The highest BCUT2D eigenvalue weighted by Crippen LogP contribution is 2.43. The molecule has 0 saturated heterocycles. The van der Waals surface area contributed by atoms with Gasteiger partial charge in [-0.15, -0.1) is 11.3 Å². The summed E-state index contributed by atoms with van der Waals surface area (Å²) in [5, 5.41) is 1.36. The molecular weight excluding hydrogens is 414 g/mol. The Labute approximate surface area is 186 Å². The van der Waals surface area contributed by atoms with Crippen molar-refractivity contribution in [2.45, 2.75) is 25.7 Å². The van der Waals surface area contributed by atoms with Gasteiger partial charge in [0.05, 0.1) is 5.69 Å². The van der Waals surface area contributed by atoms with Crippen LogP contribution in [0.4, 0.5) is 0 Å². The average molecular weight is 435 g/mol. The Morgan fingerprint density at radius 3 is 2.47 bits per heavy atom. The predicted molar refractivity (Wildman–Crippen MR) is 118 cm³/mol. The fourth-order valence-corrected chi connectivity index (χ4v) is 5.74. The van der Waals surface area contributed by atoms with E-state index in [-0.39, 0.29) is 12.4 Å². The molecule has 0 radical (unpaired) electrons. The Hall–Kier alpha value is -2.56. The Balaban J connectivity index is 0.00000193. The minimum Gasteiger partial charge on any atom is -1.00 e. The number of aryl methyl sites for hydroxylation is 2. The molecule has 30 heavy (non-hydrogen) atoms. The number of nitrogens with zero attached hydrogens (tertiary/aromatic N) is 1. The number of benzene rings is 2. The highest BCUT2D eigenvalue weighted by molar-refractivity contribution is 7.19. The molecule has 5 heteroatoms. The standard InChI is InChI=1S/C25H21NO2S.ClH/c1-2-6-16(7-3-1)19-15-20(17-10-11-21-22(14-17)28-13-12-27-21)26-25-24(19)18-8-4-5-9-23(18)29-25;/h1-3,6-7,10-11,14-15H,4-5,8-9,12-13H2;1H/p-1. The molecule has 6 rings (SSSR count). The summed E-state index contributed by atoms with van der Waals surface area (Å²) in [5.74, 6) is 1.62. The molecule has 0 fully saturated rings. The molecule has 4 aromatic rings. The van der Waals surface area contributed by atoms with E-state index < -0.39 is 0 Å². The number of ether oxygens (including phenoxy) is 2. The van der Waals surface area contributed by atoms with E-state index in [2.05, 4.69) is 48.5 Å². The summed E-state index contributed by atoms with van der Waals surface area (Å²) in [4.78, 5) is 7.79. The van der Waals surface area contributed by atoms with Gasteiger partial charge in [-0.2, -0.15) is 0 Å². The molecule has 3 heterocycles. The normalized spacial score (nSPS) is 14.8. The molecule has 152 valence electrons. The molecule has 2 aliphatic rings. The number of hydrogen-bond acceptors (Lipinski definition) is 4. The third-order valence-corrected chi connectivity index (χ3v) is 7.03. The van der Waals surface area contributed by atoms with Gasteiger partial charge < -0.3 is 21.9 Å². The zero-order chi connectivity index (χ0) is 19.2.